The molecule has 2 heteroatoms. The molecule has 80 valence electrons. The Morgan fingerprint density at radius 3 is 2.25 bits per heavy atom. The van der Waals surface area contributed by atoms with Crippen LogP contribution < -0.4 is 4.74 Å². The number of para-hydroxylation sites is 1. The molecular formula is C14H13NO. The predicted octanol–water partition coefficient (Wildman–Crippen LogP) is 3.11. The molecule has 2 aromatic rings. The van der Waals surface area contributed by atoms with E-state index in [4.69, 9.17) is 10.1 Å². The Hall–Kier alpha value is -2.09. The predicted molar refractivity (Wildman–Crippen MR) is 65.4 cm³/mol. The molecule has 2 rings (SSSR count). The number of methoxy groups -OCH3 is 1. The molecule has 0 fully saturated rings. The molecule has 0 bridgehead atoms. The van der Waals surface area contributed by atoms with Gasteiger partial charge in [-0.15, -0.1) is 0 Å². The van der Waals surface area contributed by atoms with Gasteiger partial charge in [0.25, 0.3) is 0 Å². The average molecular weight is 211 g/mol. The normalized spacial score (nSPS) is 9.81. The van der Waals surface area contributed by atoms with Crippen LogP contribution in [-0.4, -0.2) is 12.8 Å². The molecule has 0 aliphatic carbocycles. The van der Waals surface area contributed by atoms with E-state index in [0.717, 1.165) is 16.9 Å². The molecule has 16 heavy (non-hydrogen) atoms. The summed E-state index contributed by atoms with van der Waals surface area (Å²) in [4.78, 5) is 0. The number of rotatable bonds is 3. The van der Waals surface area contributed by atoms with Crippen LogP contribution in [0, 0.1) is 5.41 Å². The first-order chi connectivity index (χ1) is 7.83. The van der Waals surface area contributed by atoms with E-state index in [1.807, 2.05) is 54.6 Å². The molecule has 0 saturated carbocycles. The lowest BCUT2D eigenvalue weighted by Gasteiger charge is -2.09. The quantitative estimate of drug-likeness (QED) is 0.777. The third-order valence-corrected chi connectivity index (χ3v) is 2.44. The van der Waals surface area contributed by atoms with Crippen molar-refractivity contribution in [1.82, 2.24) is 0 Å². The smallest absolute Gasteiger partial charge is 0.128 e. The van der Waals surface area contributed by atoms with Gasteiger partial charge in [-0.05, 0) is 12.1 Å². The van der Waals surface area contributed by atoms with Gasteiger partial charge in [-0.25, -0.2) is 0 Å². The van der Waals surface area contributed by atoms with Crippen molar-refractivity contribution in [2.75, 3.05) is 7.11 Å². The summed E-state index contributed by atoms with van der Waals surface area (Å²) in [7, 11) is 1.62. The zero-order valence-corrected chi connectivity index (χ0v) is 9.10. The van der Waals surface area contributed by atoms with Gasteiger partial charge in [-0.3, -0.25) is 5.41 Å². The van der Waals surface area contributed by atoms with Crippen molar-refractivity contribution >= 4 is 5.71 Å². The van der Waals surface area contributed by atoms with Crippen molar-refractivity contribution < 1.29 is 4.74 Å². The van der Waals surface area contributed by atoms with E-state index in [0.29, 0.717) is 5.71 Å². The second kappa shape index (κ2) is 4.62. The summed E-state index contributed by atoms with van der Waals surface area (Å²) in [6.07, 6.45) is 0. The molecule has 0 radical (unpaired) electrons. The third kappa shape index (κ3) is 1.96. The van der Waals surface area contributed by atoms with Gasteiger partial charge in [0.1, 0.15) is 5.75 Å². The molecular weight excluding hydrogens is 198 g/mol. The molecule has 0 amide bonds. The Balaban J connectivity index is 2.42. The van der Waals surface area contributed by atoms with Crippen LogP contribution in [0.25, 0.3) is 0 Å². The van der Waals surface area contributed by atoms with Crippen molar-refractivity contribution in [2.24, 2.45) is 0 Å². The monoisotopic (exact) mass is 211 g/mol. The minimum absolute atomic E-state index is 0.484. The summed E-state index contributed by atoms with van der Waals surface area (Å²) in [6, 6.07) is 17.2. The van der Waals surface area contributed by atoms with E-state index in [1.54, 1.807) is 7.11 Å². The highest BCUT2D eigenvalue weighted by molar-refractivity contribution is 6.12. The number of benzene rings is 2. The number of nitrogens with one attached hydrogen (secondary N) is 1. The zero-order chi connectivity index (χ0) is 11.4. The van der Waals surface area contributed by atoms with E-state index < -0.39 is 0 Å². The van der Waals surface area contributed by atoms with Crippen molar-refractivity contribution in [3.05, 3.63) is 65.7 Å². The van der Waals surface area contributed by atoms with Crippen LogP contribution in [0.5, 0.6) is 5.75 Å². The summed E-state index contributed by atoms with van der Waals surface area (Å²) in [5.74, 6) is 0.733. The first-order valence-corrected chi connectivity index (χ1v) is 5.10. The van der Waals surface area contributed by atoms with Crippen LogP contribution in [0.15, 0.2) is 54.6 Å². The SMILES string of the molecule is COc1ccccc1C(=N)c1ccccc1. The number of hydrogen-bond donors (Lipinski definition) is 1. The molecule has 0 aliphatic heterocycles. The van der Waals surface area contributed by atoms with Crippen LogP contribution in [0.3, 0.4) is 0 Å². The number of ether oxygens (including phenoxy) is 1. The van der Waals surface area contributed by atoms with Gasteiger partial charge in [0.05, 0.1) is 12.8 Å². The van der Waals surface area contributed by atoms with E-state index in [-0.39, 0.29) is 0 Å². The Kier molecular flexibility index (Phi) is 3.01. The molecule has 0 spiro atoms. The van der Waals surface area contributed by atoms with Gasteiger partial charge in [0.15, 0.2) is 0 Å². The molecule has 2 nitrogen and oxygen atoms in total. The molecule has 0 saturated heterocycles. The van der Waals surface area contributed by atoms with Crippen molar-refractivity contribution in [3.63, 3.8) is 0 Å². The topological polar surface area (TPSA) is 33.1 Å². The van der Waals surface area contributed by atoms with Crippen molar-refractivity contribution in [3.8, 4) is 5.75 Å². The standard InChI is InChI=1S/C14H13NO/c1-16-13-10-6-5-9-12(13)14(15)11-7-3-2-4-8-11/h2-10,15H,1H3. The van der Waals surface area contributed by atoms with Crippen LogP contribution in [0.4, 0.5) is 0 Å². The van der Waals surface area contributed by atoms with E-state index >= 15 is 0 Å². The van der Waals surface area contributed by atoms with E-state index in [9.17, 15) is 0 Å². The van der Waals surface area contributed by atoms with Gasteiger partial charge in [0, 0.05) is 11.1 Å². The Bertz CT molecular complexity index is 491. The first kappa shape index (κ1) is 10.4. The highest BCUT2D eigenvalue weighted by Gasteiger charge is 2.08. The highest BCUT2D eigenvalue weighted by atomic mass is 16.5. The maximum absolute atomic E-state index is 8.13. The fourth-order valence-electron chi connectivity index (χ4n) is 1.61. The van der Waals surface area contributed by atoms with Gasteiger partial charge in [-0.1, -0.05) is 42.5 Å². The Labute approximate surface area is 95.0 Å². The van der Waals surface area contributed by atoms with Crippen LogP contribution in [0.1, 0.15) is 11.1 Å². The highest BCUT2D eigenvalue weighted by Crippen LogP contribution is 2.20. The minimum Gasteiger partial charge on any atom is -0.496 e. The van der Waals surface area contributed by atoms with Crippen molar-refractivity contribution in [2.45, 2.75) is 0 Å². The zero-order valence-electron chi connectivity index (χ0n) is 9.10. The maximum Gasteiger partial charge on any atom is 0.128 e. The molecule has 0 aromatic heterocycles. The second-order valence-corrected chi connectivity index (χ2v) is 3.44. The fourth-order valence-corrected chi connectivity index (χ4v) is 1.61. The van der Waals surface area contributed by atoms with Crippen LogP contribution in [-0.2, 0) is 0 Å². The van der Waals surface area contributed by atoms with Gasteiger partial charge >= 0.3 is 0 Å². The van der Waals surface area contributed by atoms with Gasteiger partial charge < -0.3 is 4.74 Å². The van der Waals surface area contributed by atoms with Crippen LogP contribution in [0.2, 0.25) is 0 Å². The lowest BCUT2D eigenvalue weighted by atomic mass is 10.0. The summed E-state index contributed by atoms with van der Waals surface area (Å²) >= 11 is 0. The number of hydrogen-bond acceptors (Lipinski definition) is 2. The molecule has 2 aromatic carbocycles. The van der Waals surface area contributed by atoms with E-state index in [1.165, 1.54) is 0 Å². The lowest BCUT2D eigenvalue weighted by Crippen LogP contribution is -2.03. The maximum atomic E-state index is 8.13. The third-order valence-electron chi connectivity index (χ3n) is 2.44. The van der Waals surface area contributed by atoms with Gasteiger partial charge in [0.2, 0.25) is 0 Å². The molecule has 1 N–H and O–H groups in total. The summed E-state index contributed by atoms with van der Waals surface area (Å²) < 4.78 is 5.25. The van der Waals surface area contributed by atoms with Gasteiger partial charge in [-0.2, -0.15) is 0 Å². The Morgan fingerprint density at radius 2 is 1.56 bits per heavy atom. The summed E-state index contributed by atoms with van der Waals surface area (Å²) in [6.45, 7) is 0. The van der Waals surface area contributed by atoms with Crippen LogP contribution >= 0.6 is 0 Å². The van der Waals surface area contributed by atoms with Crippen molar-refractivity contribution in [1.29, 1.82) is 5.41 Å². The summed E-state index contributed by atoms with van der Waals surface area (Å²) in [5, 5.41) is 8.13. The average Bonchev–Trinajstić information content (AvgIpc) is 2.39. The Morgan fingerprint density at radius 1 is 0.938 bits per heavy atom. The molecule has 0 atom stereocenters. The molecule has 0 unspecified atom stereocenters. The molecule has 0 aliphatic rings. The largest absolute Gasteiger partial charge is 0.496 e. The first-order valence-electron chi connectivity index (χ1n) is 5.10. The van der Waals surface area contributed by atoms with E-state index in [2.05, 4.69) is 0 Å². The lowest BCUT2D eigenvalue weighted by molar-refractivity contribution is 0.414. The fraction of sp³-hybridized carbons (Fsp3) is 0.0714. The molecule has 0 heterocycles. The minimum atomic E-state index is 0.484. The summed E-state index contributed by atoms with van der Waals surface area (Å²) in [5.41, 5.74) is 2.20. The second-order valence-electron chi connectivity index (χ2n) is 3.44.